The van der Waals surface area contributed by atoms with Crippen molar-refractivity contribution in [2.24, 2.45) is 0 Å². The fourth-order valence-electron chi connectivity index (χ4n) is 1.05. The molecule has 2 aromatic rings. The second kappa shape index (κ2) is 4.36. The first-order valence-electron chi connectivity index (χ1n) is 4.44. The third-order valence-electron chi connectivity index (χ3n) is 1.79. The van der Waals surface area contributed by atoms with Gasteiger partial charge >= 0.3 is 0 Å². The summed E-state index contributed by atoms with van der Waals surface area (Å²) in [6, 6.07) is 7.17. The van der Waals surface area contributed by atoms with Gasteiger partial charge in [-0.25, -0.2) is 15.0 Å². The summed E-state index contributed by atoms with van der Waals surface area (Å²) in [5.74, 6) is 1.34. The summed E-state index contributed by atoms with van der Waals surface area (Å²) in [5, 5.41) is 0. The molecule has 15 heavy (non-hydrogen) atoms. The number of ether oxygens (including phenoxy) is 1. The zero-order valence-electron chi connectivity index (χ0n) is 8.00. The molecule has 0 radical (unpaired) electrons. The van der Waals surface area contributed by atoms with Crippen molar-refractivity contribution in [1.29, 1.82) is 0 Å². The van der Waals surface area contributed by atoms with Crippen molar-refractivity contribution in [2.45, 2.75) is 6.61 Å². The maximum Gasteiger partial charge on any atom is 0.169 e. The smallest absolute Gasteiger partial charge is 0.169 e. The van der Waals surface area contributed by atoms with Crippen molar-refractivity contribution in [3.8, 4) is 5.75 Å². The molecule has 0 aliphatic rings. The number of aromatic nitrogens is 3. The van der Waals surface area contributed by atoms with Crippen molar-refractivity contribution in [1.82, 2.24) is 15.0 Å². The molecule has 2 rings (SSSR count). The van der Waals surface area contributed by atoms with Crippen LogP contribution in [0.5, 0.6) is 5.75 Å². The summed E-state index contributed by atoms with van der Waals surface area (Å²) >= 11 is 0. The number of anilines is 1. The molecule has 0 aliphatic heterocycles. The van der Waals surface area contributed by atoms with E-state index in [0.29, 0.717) is 18.1 Å². The lowest BCUT2D eigenvalue weighted by atomic mass is 10.3. The average Bonchev–Trinajstić information content (AvgIpc) is 2.30. The standard InChI is InChI=1S/C10H10N4O/c11-8-1-3-9(4-2-8)15-5-10-13-6-12-7-14-10/h1-4,6-7H,5,11H2. The van der Waals surface area contributed by atoms with E-state index >= 15 is 0 Å². The van der Waals surface area contributed by atoms with E-state index in [4.69, 9.17) is 10.5 Å². The van der Waals surface area contributed by atoms with Crippen LogP contribution in [-0.4, -0.2) is 15.0 Å². The summed E-state index contributed by atoms with van der Waals surface area (Å²) in [5.41, 5.74) is 6.26. The third kappa shape index (κ3) is 2.63. The molecule has 0 saturated carbocycles. The van der Waals surface area contributed by atoms with Gasteiger partial charge < -0.3 is 10.5 Å². The SMILES string of the molecule is Nc1ccc(OCc2ncncn2)cc1. The van der Waals surface area contributed by atoms with Gasteiger partial charge in [0.25, 0.3) is 0 Å². The normalized spacial score (nSPS) is 9.87. The van der Waals surface area contributed by atoms with Gasteiger partial charge in [0.15, 0.2) is 5.82 Å². The molecule has 1 heterocycles. The molecule has 5 heteroatoms. The van der Waals surface area contributed by atoms with Gasteiger partial charge in [0.1, 0.15) is 25.0 Å². The summed E-state index contributed by atoms with van der Waals surface area (Å²) in [6.07, 6.45) is 2.88. The van der Waals surface area contributed by atoms with Crippen LogP contribution in [0.15, 0.2) is 36.9 Å². The first kappa shape index (κ1) is 9.39. The van der Waals surface area contributed by atoms with Gasteiger partial charge in [-0.15, -0.1) is 0 Å². The largest absolute Gasteiger partial charge is 0.486 e. The van der Waals surface area contributed by atoms with E-state index in [2.05, 4.69) is 15.0 Å². The minimum atomic E-state index is 0.326. The van der Waals surface area contributed by atoms with Crippen LogP contribution in [0.3, 0.4) is 0 Å². The van der Waals surface area contributed by atoms with E-state index in [0.717, 1.165) is 5.75 Å². The summed E-state index contributed by atoms with van der Waals surface area (Å²) in [7, 11) is 0. The van der Waals surface area contributed by atoms with Gasteiger partial charge in [-0.2, -0.15) is 0 Å². The lowest BCUT2D eigenvalue weighted by molar-refractivity contribution is 0.295. The molecule has 76 valence electrons. The fourth-order valence-corrected chi connectivity index (χ4v) is 1.05. The summed E-state index contributed by atoms with van der Waals surface area (Å²) in [4.78, 5) is 11.6. The molecule has 0 fully saturated rings. The number of nitrogens with two attached hydrogens (primary N) is 1. The monoisotopic (exact) mass is 202 g/mol. The van der Waals surface area contributed by atoms with E-state index in [1.54, 1.807) is 24.3 Å². The topological polar surface area (TPSA) is 73.9 Å². The molecule has 1 aromatic heterocycles. The van der Waals surface area contributed by atoms with Crippen LogP contribution in [0.4, 0.5) is 5.69 Å². The van der Waals surface area contributed by atoms with Gasteiger partial charge in [0, 0.05) is 5.69 Å². The van der Waals surface area contributed by atoms with Gasteiger partial charge in [0.2, 0.25) is 0 Å². The molecule has 1 aromatic carbocycles. The highest BCUT2D eigenvalue weighted by molar-refractivity contribution is 5.41. The molecule has 5 nitrogen and oxygen atoms in total. The molecule has 0 saturated heterocycles. The highest BCUT2D eigenvalue weighted by Gasteiger charge is 1.97. The Bertz CT molecular complexity index is 415. The Balaban J connectivity index is 1.96. The number of hydrogen-bond donors (Lipinski definition) is 1. The predicted molar refractivity (Wildman–Crippen MR) is 55.0 cm³/mol. The van der Waals surface area contributed by atoms with Crippen LogP contribution in [0.2, 0.25) is 0 Å². The number of nitrogens with zero attached hydrogens (tertiary/aromatic N) is 3. The average molecular weight is 202 g/mol. The van der Waals surface area contributed by atoms with Crippen LogP contribution in [0.25, 0.3) is 0 Å². The number of rotatable bonds is 3. The highest BCUT2D eigenvalue weighted by Crippen LogP contribution is 2.13. The molecular formula is C10H10N4O. The van der Waals surface area contributed by atoms with Crippen LogP contribution in [-0.2, 0) is 6.61 Å². The van der Waals surface area contributed by atoms with Crippen molar-refractivity contribution >= 4 is 5.69 Å². The fraction of sp³-hybridized carbons (Fsp3) is 0.100. The summed E-state index contributed by atoms with van der Waals surface area (Å²) in [6.45, 7) is 0.326. The zero-order chi connectivity index (χ0) is 10.5. The highest BCUT2D eigenvalue weighted by atomic mass is 16.5. The van der Waals surface area contributed by atoms with Gasteiger partial charge in [0.05, 0.1) is 0 Å². The third-order valence-corrected chi connectivity index (χ3v) is 1.79. The van der Waals surface area contributed by atoms with Gasteiger partial charge in [-0.3, -0.25) is 0 Å². The molecule has 2 N–H and O–H groups in total. The van der Waals surface area contributed by atoms with Crippen LogP contribution in [0, 0.1) is 0 Å². The van der Waals surface area contributed by atoms with Crippen molar-refractivity contribution in [3.05, 3.63) is 42.7 Å². The molecule has 0 atom stereocenters. The Labute approximate surface area is 87.0 Å². The Hall–Kier alpha value is -2.17. The maximum atomic E-state index is 5.55. The second-order valence-corrected chi connectivity index (χ2v) is 2.91. The molecular weight excluding hydrogens is 192 g/mol. The predicted octanol–water partition coefficient (Wildman–Crippen LogP) is 1.03. The molecule has 0 bridgehead atoms. The molecule has 0 spiro atoms. The first-order chi connectivity index (χ1) is 7.34. The maximum absolute atomic E-state index is 5.55. The van der Waals surface area contributed by atoms with E-state index < -0.39 is 0 Å². The minimum absolute atomic E-state index is 0.326. The van der Waals surface area contributed by atoms with Crippen LogP contribution in [0.1, 0.15) is 5.82 Å². The van der Waals surface area contributed by atoms with Crippen molar-refractivity contribution in [3.63, 3.8) is 0 Å². The Morgan fingerprint density at radius 2 is 1.73 bits per heavy atom. The molecule has 0 unspecified atom stereocenters. The zero-order valence-corrected chi connectivity index (χ0v) is 8.00. The van der Waals surface area contributed by atoms with Crippen molar-refractivity contribution < 1.29 is 4.74 Å². The number of hydrogen-bond acceptors (Lipinski definition) is 5. The van der Waals surface area contributed by atoms with Crippen LogP contribution < -0.4 is 10.5 Å². The van der Waals surface area contributed by atoms with E-state index in [-0.39, 0.29) is 0 Å². The minimum Gasteiger partial charge on any atom is -0.486 e. The Morgan fingerprint density at radius 1 is 1.07 bits per heavy atom. The lowest BCUT2D eigenvalue weighted by Gasteiger charge is -2.04. The quantitative estimate of drug-likeness (QED) is 0.752. The van der Waals surface area contributed by atoms with Gasteiger partial charge in [-0.05, 0) is 24.3 Å². The molecule has 0 aliphatic carbocycles. The Kier molecular flexibility index (Phi) is 2.73. The van der Waals surface area contributed by atoms with E-state index in [1.807, 2.05) is 0 Å². The van der Waals surface area contributed by atoms with Crippen LogP contribution >= 0.6 is 0 Å². The van der Waals surface area contributed by atoms with E-state index in [1.165, 1.54) is 12.7 Å². The van der Waals surface area contributed by atoms with E-state index in [9.17, 15) is 0 Å². The number of nitrogen functional groups attached to an aromatic ring is 1. The Morgan fingerprint density at radius 3 is 2.40 bits per heavy atom. The number of benzene rings is 1. The second-order valence-electron chi connectivity index (χ2n) is 2.91. The lowest BCUT2D eigenvalue weighted by Crippen LogP contribution is -2.01. The van der Waals surface area contributed by atoms with Gasteiger partial charge in [-0.1, -0.05) is 0 Å². The molecule has 0 amide bonds. The first-order valence-corrected chi connectivity index (χ1v) is 4.44. The summed E-state index contributed by atoms with van der Waals surface area (Å²) < 4.78 is 5.44. The van der Waals surface area contributed by atoms with Crippen molar-refractivity contribution in [2.75, 3.05) is 5.73 Å².